The van der Waals surface area contributed by atoms with Crippen LogP contribution in [0.4, 0.5) is 0 Å². The summed E-state index contributed by atoms with van der Waals surface area (Å²) >= 11 is 0.151. The van der Waals surface area contributed by atoms with E-state index in [2.05, 4.69) is 146 Å². The van der Waals surface area contributed by atoms with Gasteiger partial charge in [0.05, 0.1) is 0 Å². The van der Waals surface area contributed by atoms with E-state index in [1.165, 1.54) is 52.0 Å². The Kier molecular flexibility index (Phi) is 6.51. The average Bonchev–Trinajstić information content (AvgIpc) is 3.57. The number of rotatable bonds is 4. The Hall–Kier alpha value is -5.93. The predicted octanol–water partition coefficient (Wildman–Crippen LogP) is 11.4. The number of hydrogen-bond donors (Lipinski definition) is 0. The van der Waals surface area contributed by atoms with E-state index in [0.29, 0.717) is 17.5 Å². The monoisotopic (exact) mass is 689 g/mol. The van der Waals surface area contributed by atoms with Crippen molar-refractivity contribution in [1.29, 1.82) is 0 Å². The van der Waals surface area contributed by atoms with E-state index in [-0.39, 0.29) is 14.5 Å². The van der Waals surface area contributed by atoms with Crippen molar-refractivity contribution in [3.63, 3.8) is 0 Å². The van der Waals surface area contributed by atoms with Gasteiger partial charge in [0, 0.05) is 0 Å². The molecule has 0 unspecified atom stereocenters. The van der Waals surface area contributed by atoms with Crippen LogP contribution in [0, 0.1) is 0 Å². The fraction of sp³-hybridized carbons (Fsp3) is 0. The zero-order chi connectivity index (χ0) is 32.3. The molecule has 4 heteroatoms. The van der Waals surface area contributed by atoms with Crippen molar-refractivity contribution in [3.05, 3.63) is 164 Å². The second kappa shape index (κ2) is 11.3. The maximum atomic E-state index is 5.19. The average molecular weight is 689 g/mol. The molecule has 0 aliphatic heterocycles. The molecule has 10 aromatic rings. The summed E-state index contributed by atoms with van der Waals surface area (Å²) in [6.45, 7) is 0. The Morgan fingerprint density at radius 3 is 1.76 bits per heavy atom. The van der Waals surface area contributed by atoms with Crippen LogP contribution < -0.4 is 0 Å². The van der Waals surface area contributed by atoms with Crippen LogP contribution in [0.2, 0.25) is 0 Å². The van der Waals surface area contributed by atoms with Crippen LogP contribution in [-0.4, -0.2) is 29.5 Å². The summed E-state index contributed by atoms with van der Waals surface area (Å²) in [5.74, 6) is 2.01. The quantitative estimate of drug-likeness (QED) is 0.136. The fourth-order valence-corrected chi connectivity index (χ4v) is 10.1. The number of hydrogen-bond acceptors (Lipinski definition) is 3. The first kappa shape index (κ1) is 28.1. The molecule has 0 radical (unpaired) electrons. The molecule has 228 valence electrons. The second-order valence-corrected chi connectivity index (χ2v) is 14.5. The summed E-state index contributed by atoms with van der Waals surface area (Å²) in [6, 6.07) is 58.3. The van der Waals surface area contributed by atoms with Gasteiger partial charge in [-0.25, -0.2) is 0 Å². The Morgan fingerprint density at radius 1 is 0.327 bits per heavy atom. The summed E-state index contributed by atoms with van der Waals surface area (Å²) in [4.78, 5) is 15.4. The molecule has 10 rings (SSSR count). The van der Waals surface area contributed by atoms with Crippen molar-refractivity contribution in [1.82, 2.24) is 15.0 Å². The Bertz CT molecular complexity index is 2880. The minimum atomic E-state index is 0.151. The van der Waals surface area contributed by atoms with E-state index in [1.54, 1.807) is 0 Å². The van der Waals surface area contributed by atoms with E-state index in [0.717, 1.165) is 27.5 Å². The van der Waals surface area contributed by atoms with Crippen LogP contribution in [-0.2, 0) is 0 Å². The van der Waals surface area contributed by atoms with Crippen molar-refractivity contribution >= 4 is 66.1 Å². The molecule has 0 fully saturated rings. The summed E-state index contributed by atoms with van der Waals surface area (Å²) in [6.07, 6.45) is 0. The van der Waals surface area contributed by atoms with Crippen molar-refractivity contribution in [2.75, 3.05) is 0 Å². The molecule has 0 bridgehead atoms. The Labute approximate surface area is 288 Å². The van der Waals surface area contributed by atoms with Gasteiger partial charge in [0.1, 0.15) is 0 Å². The van der Waals surface area contributed by atoms with Gasteiger partial charge in [0.2, 0.25) is 0 Å². The van der Waals surface area contributed by atoms with Gasteiger partial charge in [0.25, 0.3) is 0 Å². The van der Waals surface area contributed by atoms with E-state index in [4.69, 9.17) is 15.0 Å². The van der Waals surface area contributed by atoms with Gasteiger partial charge in [-0.05, 0) is 0 Å². The zero-order valence-corrected chi connectivity index (χ0v) is 28.1. The van der Waals surface area contributed by atoms with E-state index < -0.39 is 0 Å². The van der Waals surface area contributed by atoms with Crippen LogP contribution >= 0.6 is 0 Å². The fourth-order valence-electron chi connectivity index (χ4n) is 7.14. The van der Waals surface area contributed by atoms with Crippen molar-refractivity contribution < 1.29 is 0 Å². The summed E-state index contributed by atoms with van der Waals surface area (Å²) < 4.78 is 2.91. The standard InChI is InChI=1S/C45H27N3Se/c1-3-13-29(14-4-1)34-20-11-21-37-38-25-24-32-27-39(35-18-9-10-19-36(35)40(32)42(38)49-41(34)37)45-47-43(30-15-5-2-6-16-30)46-44(48-45)33-23-22-28-12-7-8-17-31(28)26-33/h1-27H. The maximum absolute atomic E-state index is 5.19. The van der Waals surface area contributed by atoms with Gasteiger partial charge in [-0.15, -0.1) is 0 Å². The second-order valence-electron chi connectivity index (χ2n) is 12.4. The number of benzene rings is 8. The summed E-state index contributed by atoms with van der Waals surface area (Å²) in [5, 5.41) is 9.98. The van der Waals surface area contributed by atoms with Crippen LogP contribution in [0.25, 0.3) is 96.9 Å². The topological polar surface area (TPSA) is 38.7 Å². The van der Waals surface area contributed by atoms with Crippen LogP contribution in [0.1, 0.15) is 0 Å². The van der Waals surface area contributed by atoms with Crippen LogP contribution in [0.5, 0.6) is 0 Å². The van der Waals surface area contributed by atoms with Crippen LogP contribution in [0.15, 0.2) is 164 Å². The third kappa shape index (κ3) is 4.69. The molecule has 3 nitrogen and oxygen atoms in total. The van der Waals surface area contributed by atoms with Gasteiger partial charge in [-0.3, -0.25) is 0 Å². The third-order valence-electron chi connectivity index (χ3n) is 9.49. The van der Waals surface area contributed by atoms with E-state index >= 15 is 0 Å². The number of fused-ring (bicyclic) bond motifs is 8. The van der Waals surface area contributed by atoms with Crippen molar-refractivity contribution in [2.45, 2.75) is 0 Å². The normalized spacial score (nSPS) is 11.7. The molecule has 0 saturated heterocycles. The molecule has 49 heavy (non-hydrogen) atoms. The molecule has 8 aromatic carbocycles. The van der Waals surface area contributed by atoms with Crippen molar-refractivity contribution in [3.8, 4) is 45.3 Å². The molecule has 0 N–H and O–H groups in total. The molecule has 0 spiro atoms. The third-order valence-corrected chi connectivity index (χ3v) is 12.2. The molecule has 0 aliphatic rings. The van der Waals surface area contributed by atoms with Gasteiger partial charge in [-0.2, -0.15) is 0 Å². The van der Waals surface area contributed by atoms with Gasteiger partial charge in [0.15, 0.2) is 0 Å². The number of aromatic nitrogens is 3. The molecule has 2 aromatic heterocycles. The molecule has 2 heterocycles. The molecular weight excluding hydrogens is 661 g/mol. The predicted molar refractivity (Wildman–Crippen MR) is 206 cm³/mol. The van der Waals surface area contributed by atoms with Gasteiger partial charge >= 0.3 is 272 Å². The Morgan fingerprint density at radius 2 is 0.939 bits per heavy atom. The first-order chi connectivity index (χ1) is 24.3. The number of nitrogens with zero attached hydrogens (tertiary/aromatic N) is 3. The molecular formula is C45H27N3Se. The van der Waals surface area contributed by atoms with E-state index in [1.807, 2.05) is 18.2 Å². The summed E-state index contributed by atoms with van der Waals surface area (Å²) in [7, 11) is 0. The SMILES string of the molecule is c1ccc(-c2nc(-c3ccc4ccccc4c3)nc(-c3cc4ccc5c6cccc(-c7ccccc7)c6[se]c5c4c4ccccc34)n2)cc1. The Balaban J connectivity index is 1.24. The zero-order valence-electron chi connectivity index (χ0n) is 26.3. The molecule has 0 amide bonds. The first-order valence-electron chi connectivity index (χ1n) is 16.4. The summed E-state index contributed by atoms with van der Waals surface area (Å²) in [5.41, 5.74) is 5.56. The van der Waals surface area contributed by atoms with Crippen molar-refractivity contribution in [2.24, 2.45) is 0 Å². The molecule has 0 saturated carbocycles. The van der Waals surface area contributed by atoms with Gasteiger partial charge < -0.3 is 0 Å². The molecule has 0 aliphatic carbocycles. The van der Waals surface area contributed by atoms with Gasteiger partial charge in [-0.1, -0.05) is 18.2 Å². The molecule has 0 atom stereocenters. The van der Waals surface area contributed by atoms with Crippen LogP contribution in [0.3, 0.4) is 0 Å². The minimum absolute atomic E-state index is 0.151. The first-order valence-corrected chi connectivity index (χ1v) is 18.2. The van der Waals surface area contributed by atoms with E-state index in [9.17, 15) is 0 Å².